The Labute approximate surface area is 197 Å². The fourth-order valence-corrected chi connectivity index (χ4v) is 3.31. The second-order valence-electron chi connectivity index (χ2n) is 7.37. The van der Waals surface area contributed by atoms with Gasteiger partial charge >= 0.3 is 6.18 Å². The van der Waals surface area contributed by atoms with E-state index in [-0.39, 0.29) is 17.4 Å². The summed E-state index contributed by atoms with van der Waals surface area (Å²) in [6.07, 6.45) is -4.66. The van der Waals surface area contributed by atoms with E-state index in [2.05, 4.69) is 26.6 Å². The molecule has 3 aromatic carbocycles. The molecule has 172 valence electrons. The van der Waals surface area contributed by atoms with Crippen molar-refractivity contribution in [2.24, 2.45) is 0 Å². The average molecular weight is 521 g/mol. The number of alkyl halides is 3. The lowest BCUT2D eigenvalue weighted by molar-refractivity contribution is -0.137. The van der Waals surface area contributed by atoms with Crippen LogP contribution in [0.2, 0.25) is 0 Å². The van der Waals surface area contributed by atoms with Crippen molar-refractivity contribution in [3.05, 3.63) is 87.9 Å². The molecule has 9 heteroatoms. The summed E-state index contributed by atoms with van der Waals surface area (Å²) in [5.74, 6) is -0.650. The van der Waals surface area contributed by atoms with Crippen LogP contribution in [0.5, 0.6) is 5.75 Å². The van der Waals surface area contributed by atoms with Crippen molar-refractivity contribution in [1.29, 1.82) is 0 Å². The Hall–Kier alpha value is -3.33. The van der Waals surface area contributed by atoms with E-state index in [9.17, 15) is 22.8 Å². The van der Waals surface area contributed by atoms with Gasteiger partial charge in [0.2, 0.25) is 0 Å². The monoisotopic (exact) mass is 520 g/mol. The maximum absolute atomic E-state index is 12.9. The highest BCUT2D eigenvalue weighted by Gasteiger charge is 2.30. The standard InChI is InChI=1S/C24H20BrF3N2O3/c1-14(2)33-21-10-9-17(25)13-20(21)23(32)30-18-7-3-5-15(11-18)22(31)29-19-8-4-6-16(12-19)24(26,27)28/h3-14H,1-2H3,(H,29,31)(H,30,32). The van der Waals surface area contributed by atoms with Crippen LogP contribution >= 0.6 is 15.9 Å². The van der Waals surface area contributed by atoms with Crippen LogP contribution in [0.4, 0.5) is 24.5 Å². The molecule has 0 spiro atoms. The lowest BCUT2D eigenvalue weighted by Crippen LogP contribution is -2.17. The predicted molar refractivity (Wildman–Crippen MR) is 124 cm³/mol. The summed E-state index contributed by atoms with van der Waals surface area (Å²) in [5, 5.41) is 5.16. The predicted octanol–water partition coefficient (Wildman–Crippen LogP) is 6.76. The molecule has 0 aromatic heterocycles. The van der Waals surface area contributed by atoms with E-state index in [0.29, 0.717) is 21.5 Å². The Bertz CT molecular complexity index is 1180. The van der Waals surface area contributed by atoms with E-state index >= 15 is 0 Å². The fourth-order valence-electron chi connectivity index (χ4n) is 2.95. The normalized spacial score (nSPS) is 11.2. The number of halogens is 4. The number of ether oxygens (including phenoxy) is 1. The van der Waals surface area contributed by atoms with Crippen molar-refractivity contribution in [2.45, 2.75) is 26.1 Å². The SMILES string of the molecule is CC(C)Oc1ccc(Br)cc1C(=O)Nc1cccc(C(=O)Nc2cccc(C(F)(F)F)c2)c1. The summed E-state index contributed by atoms with van der Waals surface area (Å²) in [7, 11) is 0. The first-order valence-corrected chi connectivity index (χ1v) is 10.7. The molecule has 0 aliphatic rings. The molecule has 2 N–H and O–H groups in total. The van der Waals surface area contributed by atoms with E-state index < -0.39 is 23.6 Å². The van der Waals surface area contributed by atoms with E-state index in [0.717, 1.165) is 12.1 Å². The third kappa shape index (κ3) is 6.58. The Morgan fingerprint density at radius 2 is 1.52 bits per heavy atom. The molecule has 0 bridgehead atoms. The van der Waals surface area contributed by atoms with Gasteiger partial charge in [-0.15, -0.1) is 0 Å². The van der Waals surface area contributed by atoms with Crippen molar-refractivity contribution in [3.63, 3.8) is 0 Å². The lowest BCUT2D eigenvalue weighted by atomic mass is 10.1. The smallest absolute Gasteiger partial charge is 0.416 e. The van der Waals surface area contributed by atoms with Crippen molar-refractivity contribution < 1.29 is 27.5 Å². The maximum atomic E-state index is 12.9. The van der Waals surface area contributed by atoms with E-state index in [1.165, 1.54) is 24.3 Å². The molecule has 0 atom stereocenters. The Balaban J connectivity index is 1.77. The molecule has 0 radical (unpaired) electrons. The molecule has 0 fully saturated rings. The summed E-state index contributed by atoms with van der Waals surface area (Å²) in [5.41, 5.74) is -0.0502. The Morgan fingerprint density at radius 1 is 0.879 bits per heavy atom. The molecule has 0 heterocycles. The number of anilines is 2. The minimum Gasteiger partial charge on any atom is -0.490 e. The number of nitrogens with one attached hydrogen (secondary N) is 2. The minimum absolute atomic E-state index is 0.00822. The zero-order valence-electron chi connectivity index (χ0n) is 17.7. The Morgan fingerprint density at radius 3 is 2.18 bits per heavy atom. The van der Waals surface area contributed by atoms with Gasteiger partial charge in [0.15, 0.2) is 0 Å². The summed E-state index contributed by atoms with van der Waals surface area (Å²) < 4.78 is 45.1. The van der Waals surface area contributed by atoms with Gasteiger partial charge in [-0.2, -0.15) is 13.2 Å². The van der Waals surface area contributed by atoms with Gasteiger partial charge in [-0.05, 0) is 68.4 Å². The molecule has 2 amide bonds. The summed E-state index contributed by atoms with van der Waals surface area (Å²) in [6.45, 7) is 3.69. The molecular formula is C24H20BrF3N2O3. The zero-order valence-corrected chi connectivity index (χ0v) is 19.3. The number of amides is 2. The average Bonchev–Trinajstić information content (AvgIpc) is 2.74. The van der Waals surface area contributed by atoms with Crippen molar-refractivity contribution >= 4 is 39.1 Å². The van der Waals surface area contributed by atoms with Gasteiger partial charge in [0.25, 0.3) is 11.8 Å². The van der Waals surface area contributed by atoms with E-state index in [1.807, 2.05) is 13.8 Å². The van der Waals surface area contributed by atoms with Crippen molar-refractivity contribution in [2.75, 3.05) is 10.6 Å². The van der Waals surface area contributed by atoms with Crippen molar-refractivity contribution in [1.82, 2.24) is 0 Å². The molecule has 0 unspecified atom stereocenters. The molecule has 0 saturated carbocycles. The summed E-state index contributed by atoms with van der Waals surface area (Å²) in [4.78, 5) is 25.4. The largest absolute Gasteiger partial charge is 0.490 e. The van der Waals surface area contributed by atoms with Crippen molar-refractivity contribution in [3.8, 4) is 5.75 Å². The number of benzene rings is 3. The number of carbonyl (C=O) groups is 2. The van der Waals surface area contributed by atoms with E-state index in [1.54, 1.807) is 30.3 Å². The van der Waals surface area contributed by atoms with Gasteiger partial charge in [0.1, 0.15) is 5.75 Å². The molecule has 3 rings (SSSR count). The highest BCUT2D eigenvalue weighted by Crippen LogP contribution is 2.31. The Kier molecular flexibility index (Phi) is 7.43. The summed E-state index contributed by atoms with van der Waals surface area (Å²) >= 11 is 3.34. The van der Waals surface area contributed by atoms with E-state index in [4.69, 9.17) is 4.74 Å². The highest BCUT2D eigenvalue weighted by atomic mass is 79.9. The molecular weight excluding hydrogens is 501 g/mol. The molecule has 33 heavy (non-hydrogen) atoms. The molecule has 5 nitrogen and oxygen atoms in total. The molecule has 0 aliphatic heterocycles. The quantitative estimate of drug-likeness (QED) is 0.377. The highest BCUT2D eigenvalue weighted by molar-refractivity contribution is 9.10. The maximum Gasteiger partial charge on any atom is 0.416 e. The first kappa shape index (κ1) is 24.3. The van der Waals surface area contributed by atoms with Gasteiger partial charge in [-0.3, -0.25) is 9.59 Å². The van der Waals surface area contributed by atoms with Crippen LogP contribution in [0, 0.1) is 0 Å². The number of hydrogen-bond acceptors (Lipinski definition) is 3. The van der Waals surface area contributed by atoms with Gasteiger partial charge < -0.3 is 15.4 Å². The zero-order chi connectivity index (χ0) is 24.2. The van der Waals surface area contributed by atoms with Crippen LogP contribution < -0.4 is 15.4 Å². The van der Waals surface area contributed by atoms with Gasteiger partial charge in [0.05, 0.1) is 17.2 Å². The van der Waals surface area contributed by atoms with Crippen LogP contribution in [-0.4, -0.2) is 17.9 Å². The molecule has 0 saturated heterocycles. The molecule has 0 aliphatic carbocycles. The number of rotatable bonds is 6. The van der Waals surface area contributed by atoms with Crippen LogP contribution in [0.15, 0.2) is 71.2 Å². The lowest BCUT2D eigenvalue weighted by Gasteiger charge is -2.15. The van der Waals surface area contributed by atoms with Crippen LogP contribution in [0.3, 0.4) is 0 Å². The van der Waals surface area contributed by atoms with Gasteiger partial charge in [0, 0.05) is 21.4 Å². The summed E-state index contributed by atoms with van der Waals surface area (Å²) in [6, 6.07) is 15.5. The van der Waals surface area contributed by atoms with Gasteiger partial charge in [-0.25, -0.2) is 0 Å². The molecule has 3 aromatic rings. The minimum atomic E-state index is -4.52. The third-order valence-corrected chi connectivity index (χ3v) is 4.87. The van der Waals surface area contributed by atoms with Crippen LogP contribution in [-0.2, 0) is 6.18 Å². The van der Waals surface area contributed by atoms with Crippen LogP contribution in [0.1, 0.15) is 40.1 Å². The number of carbonyl (C=O) groups excluding carboxylic acids is 2. The first-order valence-electron chi connectivity index (χ1n) is 9.89. The topological polar surface area (TPSA) is 67.4 Å². The second kappa shape index (κ2) is 10.1. The third-order valence-electron chi connectivity index (χ3n) is 4.38. The van der Waals surface area contributed by atoms with Gasteiger partial charge in [-0.1, -0.05) is 28.1 Å². The first-order chi connectivity index (χ1) is 15.5. The second-order valence-corrected chi connectivity index (χ2v) is 8.29. The number of hydrogen-bond donors (Lipinski definition) is 2. The fraction of sp³-hybridized carbons (Fsp3) is 0.167. The van der Waals surface area contributed by atoms with Crippen LogP contribution in [0.25, 0.3) is 0 Å².